The van der Waals surface area contributed by atoms with Crippen LogP contribution >= 0.6 is 0 Å². The zero-order valence-corrected chi connectivity index (χ0v) is 12.2. The van der Waals surface area contributed by atoms with E-state index in [9.17, 15) is 4.79 Å². The van der Waals surface area contributed by atoms with Crippen molar-refractivity contribution in [2.24, 2.45) is 0 Å². The van der Waals surface area contributed by atoms with E-state index in [4.69, 9.17) is 9.47 Å². The van der Waals surface area contributed by atoms with Gasteiger partial charge in [-0.2, -0.15) is 0 Å². The molecule has 1 N–H and O–H groups in total. The quantitative estimate of drug-likeness (QED) is 0.914. The Balaban J connectivity index is 1.51. The lowest BCUT2D eigenvalue weighted by Crippen LogP contribution is -2.39. The molecule has 3 rings (SSSR count). The maximum atomic E-state index is 12.4. The van der Waals surface area contributed by atoms with Crippen molar-refractivity contribution in [1.29, 1.82) is 0 Å². The third-order valence-corrected chi connectivity index (χ3v) is 3.99. The molecule has 1 fully saturated rings. The maximum Gasteiger partial charge on any atom is 0.229 e. The smallest absolute Gasteiger partial charge is 0.229 e. The number of carbonyl (C=O) groups excluding carboxylic acids is 1. The van der Waals surface area contributed by atoms with Crippen molar-refractivity contribution >= 4 is 11.6 Å². The second-order valence-corrected chi connectivity index (χ2v) is 5.43. The number of hydrogen-bond acceptors (Lipinski definition) is 4. The van der Waals surface area contributed by atoms with Crippen molar-refractivity contribution in [3.8, 4) is 5.75 Å². The highest BCUT2D eigenvalue weighted by Gasteiger charge is 2.23. The van der Waals surface area contributed by atoms with Crippen LogP contribution in [0.4, 0.5) is 5.69 Å². The Morgan fingerprint density at radius 2 is 2.14 bits per heavy atom. The molecule has 1 saturated heterocycles. The molecule has 0 atom stereocenters. The molecule has 2 aliphatic heterocycles. The lowest BCUT2D eigenvalue weighted by Gasteiger charge is -2.30. The molecule has 2 aliphatic rings. The number of piperidine rings is 1. The van der Waals surface area contributed by atoms with Gasteiger partial charge < -0.3 is 19.7 Å². The SMILES string of the molecule is O=C(CCOC1CCNCC1)N1CCOc2ccccc21. The summed E-state index contributed by atoms with van der Waals surface area (Å²) in [5.41, 5.74) is 0.871. The molecular formula is C16H22N2O3. The van der Waals surface area contributed by atoms with Crippen LogP contribution in [-0.4, -0.2) is 44.9 Å². The third-order valence-electron chi connectivity index (χ3n) is 3.99. The van der Waals surface area contributed by atoms with Gasteiger partial charge in [0, 0.05) is 0 Å². The van der Waals surface area contributed by atoms with Crippen molar-refractivity contribution in [3.05, 3.63) is 24.3 Å². The normalized spacial score (nSPS) is 19.0. The Bertz CT molecular complexity index is 486. The lowest BCUT2D eigenvalue weighted by atomic mass is 10.1. The first-order valence-corrected chi connectivity index (χ1v) is 7.69. The number of rotatable bonds is 4. The number of amides is 1. The zero-order chi connectivity index (χ0) is 14.5. The second kappa shape index (κ2) is 6.91. The standard InChI is InChI=1S/C16H22N2O3/c19-16(7-11-20-13-5-8-17-9-6-13)18-10-12-21-15-4-2-1-3-14(15)18/h1-4,13,17H,5-12H2. The zero-order valence-electron chi connectivity index (χ0n) is 12.2. The molecule has 0 radical (unpaired) electrons. The predicted octanol–water partition coefficient (Wildman–Crippen LogP) is 1.57. The molecule has 21 heavy (non-hydrogen) atoms. The molecule has 1 aromatic rings. The number of benzene rings is 1. The summed E-state index contributed by atoms with van der Waals surface area (Å²) >= 11 is 0. The van der Waals surface area contributed by atoms with Gasteiger partial charge in [0.15, 0.2) is 0 Å². The summed E-state index contributed by atoms with van der Waals surface area (Å²) in [4.78, 5) is 14.2. The van der Waals surface area contributed by atoms with E-state index in [1.165, 1.54) is 0 Å². The average molecular weight is 290 g/mol. The lowest BCUT2D eigenvalue weighted by molar-refractivity contribution is -0.120. The molecule has 0 unspecified atom stereocenters. The largest absolute Gasteiger partial charge is 0.490 e. The minimum atomic E-state index is 0.111. The monoisotopic (exact) mass is 290 g/mol. The molecule has 0 aromatic heterocycles. The van der Waals surface area contributed by atoms with Crippen LogP contribution in [-0.2, 0) is 9.53 Å². The summed E-state index contributed by atoms with van der Waals surface area (Å²) in [6.45, 7) is 3.69. The predicted molar refractivity (Wildman–Crippen MR) is 80.8 cm³/mol. The number of anilines is 1. The first-order valence-electron chi connectivity index (χ1n) is 7.69. The minimum absolute atomic E-state index is 0.111. The van der Waals surface area contributed by atoms with Crippen molar-refractivity contribution in [1.82, 2.24) is 5.32 Å². The van der Waals surface area contributed by atoms with E-state index in [-0.39, 0.29) is 5.91 Å². The van der Waals surface area contributed by atoms with Gasteiger partial charge >= 0.3 is 0 Å². The summed E-state index contributed by atoms with van der Waals surface area (Å²) < 4.78 is 11.4. The van der Waals surface area contributed by atoms with E-state index in [0.717, 1.165) is 37.4 Å². The summed E-state index contributed by atoms with van der Waals surface area (Å²) in [7, 11) is 0. The molecule has 0 saturated carbocycles. The first-order chi connectivity index (χ1) is 10.3. The van der Waals surface area contributed by atoms with Crippen LogP contribution in [0.15, 0.2) is 24.3 Å². The first kappa shape index (κ1) is 14.4. The van der Waals surface area contributed by atoms with Gasteiger partial charge in [-0.15, -0.1) is 0 Å². The molecule has 0 aliphatic carbocycles. The molecule has 5 heteroatoms. The van der Waals surface area contributed by atoms with Crippen molar-refractivity contribution in [2.75, 3.05) is 37.7 Å². The van der Waals surface area contributed by atoms with Crippen LogP contribution in [0.25, 0.3) is 0 Å². The Hall–Kier alpha value is -1.59. The summed E-state index contributed by atoms with van der Waals surface area (Å²) in [6, 6.07) is 7.69. The van der Waals surface area contributed by atoms with Gasteiger partial charge in [-0.1, -0.05) is 12.1 Å². The van der Waals surface area contributed by atoms with Gasteiger partial charge in [0.05, 0.1) is 31.4 Å². The van der Waals surface area contributed by atoms with E-state index in [1.54, 1.807) is 0 Å². The van der Waals surface area contributed by atoms with Crippen LogP contribution in [0, 0.1) is 0 Å². The van der Waals surface area contributed by atoms with Crippen LogP contribution in [0.5, 0.6) is 5.75 Å². The number of carbonyl (C=O) groups is 1. The van der Waals surface area contributed by atoms with Gasteiger partial charge in [-0.25, -0.2) is 0 Å². The summed E-state index contributed by atoms with van der Waals surface area (Å²) in [5, 5.41) is 3.31. The average Bonchev–Trinajstić information content (AvgIpc) is 2.55. The number of ether oxygens (including phenoxy) is 2. The van der Waals surface area contributed by atoms with E-state index < -0.39 is 0 Å². The van der Waals surface area contributed by atoms with Gasteiger partial charge in [0.2, 0.25) is 5.91 Å². The van der Waals surface area contributed by atoms with Crippen LogP contribution in [0.3, 0.4) is 0 Å². The molecule has 2 heterocycles. The number of nitrogens with zero attached hydrogens (tertiary/aromatic N) is 1. The van der Waals surface area contributed by atoms with Gasteiger partial charge in [-0.3, -0.25) is 4.79 Å². The fraction of sp³-hybridized carbons (Fsp3) is 0.562. The fourth-order valence-electron chi connectivity index (χ4n) is 2.84. The molecule has 1 amide bonds. The van der Waals surface area contributed by atoms with Crippen molar-refractivity contribution in [3.63, 3.8) is 0 Å². The number of fused-ring (bicyclic) bond motifs is 1. The summed E-state index contributed by atoms with van der Waals surface area (Å²) in [5.74, 6) is 0.899. The fourth-order valence-corrected chi connectivity index (χ4v) is 2.84. The third kappa shape index (κ3) is 3.54. The van der Waals surface area contributed by atoms with Gasteiger partial charge in [-0.05, 0) is 38.1 Å². The van der Waals surface area contributed by atoms with Gasteiger partial charge in [0.25, 0.3) is 0 Å². The van der Waals surface area contributed by atoms with Crippen molar-refractivity contribution in [2.45, 2.75) is 25.4 Å². The topological polar surface area (TPSA) is 50.8 Å². The van der Waals surface area contributed by atoms with Crippen LogP contribution < -0.4 is 15.0 Å². The summed E-state index contributed by atoms with van der Waals surface area (Å²) in [6.07, 6.45) is 2.80. The Morgan fingerprint density at radius 1 is 1.33 bits per heavy atom. The van der Waals surface area contributed by atoms with Crippen LogP contribution in [0.2, 0.25) is 0 Å². The van der Waals surface area contributed by atoms with Crippen molar-refractivity contribution < 1.29 is 14.3 Å². The van der Waals surface area contributed by atoms with E-state index in [0.29, 0.717) is 32.3 Å². The Labute approximate surface area is 125 Å². The second-order valence-electron chi connectivity index (χ2n) is 5.43. The molecule has 0 spiro atoms. The van der Waals surface area contributed by atoms with Crippen LogP contribution in [0.1, 0.15) is 19.3 Å². The molecule has 0 bridgehead atoms. The number of para-hydroxylation sites is 2. The van der Waals surface area contributed by atoms with E-state index >= 15 is 0 Å². The maximum absolute atomic E-state index is 12.4. The molecule has 114 valence electrons. The van der Waals surface area contributed by atoms with E-state index in [2.05, 4.69) is 5.32 Å². The number of hydrogen-bond donors (Lipinski definition) is 1. The molecular weight excluding hydrogens is 268 g/mol. The molecule has 5 nitrogen and oxygen atoms in total. The van der Waals surface area contributed by atoms with Gasteiger partial charge in [0.1, 0.15) is 12.4 Å². The highest BCUT2D eigenvalue weighted by Crippen LogP contribution is 2.31. The van der Waals surface area contributed by atoms with E-state index in [1.807, 2.05) is 29.2 Å². The highest BCUT2D eigenvalue weighted by atomic mass is 16.5. The highest BCUT2D eigenvalue weighted by molar-refractivity contribution is 5.95. The Kier molecular flexibility index (Phi) is 4.72. The Morgan fingerprint density at radius 3 is 3.00 bits per heavy atom. The molecule has 1 aromatic carbocycles. The number of nitrogens with one attached hydrogen (secondary N) is 1. The minimum Gasteiger partial charge on any atom is -0.490 e.